The molecule has 0 bridgehead atoms. The van der Waals surface area contributed by atoms with Crippen LogP contribution in [-0.2, 0) is 0 Å². The molecule has 0 saturated carbocycles. The second-order valence-corrected chi connectivity index (χ2v) is 6.77. The molecular weight excluding hydrogens is 334 g/mol. The molecule has 130 valence electrons. The zero-order valence-electron chi connectivity index (χ0n) is 14.3. The summed E-state index contributed by atoms with van der Waals surface area (Å²) in [5.41, 5.74) is 2.64. The maximum Gasteiger partial charge on any atom is 0.319 e. The van der Waals surface area contributed by atoms with E-state index in [0.717, 1.165) is 34.9 Å². The minimum absolute atomic E-state index is 0.213. The number of benzene rings is 1. The fourth-order valence-electron chi connectivity index (χ4n) is 2.65. The standard InChI is InChI=1S/C18H21N5OS/c1-13-6-5-7-14(12-13)19-18(24)20-15(9-11-25-2)17-22-21-16-8-3-4-10-23(16)17/h3-8,10,12,15H,9,11H2,1-2H3,(H2,19,20,24)/t15-/m0/s1. The molecule has 7 heteroatoms. The van der Waals surface area contributed by atoms with Gasteiger partial charge in [0.2, 0.25) is 0 Å². The zero-order valence-corrected chi connectivity index (χ0v) is 15.1. The molecule has 2 heterocycles. The molecule has 6 nitrogen and oxygen atoms in total. The van der Waals surface area contributed by atoms with E-state index in [1.54, 1.807) is 11.8 Å². The number of hydrogen-bond donors (Lipinski definition) is 2. The molecule has 2 N–H and O–H groups in total. The maximum absolute atomic E-state index is 12.4. The highest BCUT2D eigenvalue weighted by Gasteiger charge is 2.20. The van der Waals surface area contributed by atoms with Crippen molar-refractivity contribution in [2.45, 2.75) is 19.4 Å². The minimum atomic E-state index is -0.246. The van der Waals surface area contributed by atoms with Crippen LogP contribution in [-0.4, -0.2) is 32.6 Å². The van der Waals surface area contributed by atoms with Crippen molar-refractivity contribution < 1.29 is 4.79 Å². The van der Waals surface area contributed by atoms with E-state index < -0.39 is 0 Å². The van der Waals surface area contributed by atoms with Gasteiger partial charge in [0, 0.05) is 11.9 Å². The van der Waals surface area contributed by atoms with Crippen molar-refractivity contribution >= 4 is 29.1 Å². The van der Waals surface area contributed by atoms with Crippen LogP contribution in [0.25, 0.3) is 5.65 Å². The van der Waals surface area contributed by atoms with Crippen molar-refractivity contribution in [2.75, 3.05) is 17.3 Å². The largest absolute Gasteiger partial charge is 0.328 e. The van der Waals surface area contributed by atoms with Crippen LogP contribution in [0.15, 0.2) is 48.7 Å². The molecule has 0 aliphatic rings. The van der Waals surface area contributed by atoms with E-state index in [1.165, 1.54) is 0 Å². The lowest BCUT2D eigenvalue weighted by Gasteiger charge is -2.17. The third-order valence-corrected chi connectivity index (χ3v) is 4.49. The Kier molecular flexibility index (Phi) is 5.55. The van der Waals surface area contributed by atoms with Crippen LogP contribution in [0.1, 0.15) is 23.9 Å². The van der Waals surface area contributed by atoms with Gasteiger partial charge in [-0.05, 0) is 55.2 Å². The number of carbonyl (C=O) groups excluding carboxylic acids is 1. The van der Waals surface area contributed by atoms with Crippen molar-refractivity contribution in [3.8, 4) is 0 Å². The third kappa shape index (κ3) is 4.30. The highest BCUT2D eigenvalue weighted by Crippen LogP contribution is 2.19. The summed E-state index contributed by atoms with van der Waals surface area (Å²) < 4.78 is 1.91. The Bertz CT molecular complexity index is 863. The van der Waals surface area contributed by atoms with Gasteiger partial charge in [0.15, 0.2) is 11.5 Å². The first-order valence-electron chi connectivity index (χ1n) is 8.10. The Hall–Kier alpha value is -2.54. The van der Waals surface area contributed by atoms with Crippen molar-refractivity contribution in [3.05, 3.63) is 60.0 Å². The van der Waals surface area contributed by atoms with Crippen LogP contribution in [0.4, 0.5) is 10.5 Å². The van der Waals surface area contributed by atoms with E-state index in [9.17, 15) is 4.79 Å². The van der Waals surface area contributed by atoms with Gasteiger partial charge >= 0.3 is 6.03 Å². The molecule has 0 fully saturated rings. The van der Waals surface area contributed by atoms with Crippen molar-refractivity contribution in [3.63, 3.8) is 0 Å². The lowest BCUT2D eigenvalue weighted by molar-refractivity contribution is 0.247. The summed E-state index contributed by atoms with van der Waals surface area (Å²) in [5, 5.41) is 14.4. The number of aromatic nitrogens is 3. The highest BCUT2D eigenvalue weighted by molar-refractivity contribution is 7.98. The number of thioether (sulfide) groups is 1. The lowest BCUT2D eigenvalue weighted by atomic mass is 10.2. The van der Waals surface area contributed by atoms with Gasteiger partial charge in [-0.15, -0.1) is 10.2 Å². The first-order chi connectivity index (χ1) is 12.2. The fourth-order valence-corrected chi connectivity index (χ4v) is 3.12. The Morgan fingerprint density at radius 2 is 2.12 bits per heavy atom. The maximum atomic E-state index is 12.4. The summed E-state index contributed by atoms with van der Waals surface area (Å²) in [6.45, 7) is 1.99. The van der Waals surface area contributed by atoms with Gasteiger partial charge in [-0.3, -0.25) is 4.40 Å². The van der Waals surface area contributed by atoms with E-state index in [0.29, 0.717) is 0 Å². The Morgan fingerprint density at radius 1 is 1.24 bits per heavy atom. The number of aryl methyl sites for hydroxylation is 1. The molecule has 3 aromatic rings. The molecule has 0 radical (unpaired) electrons. The van der Waals surface area contributed by atoms with Gasteiger partial charge in [-0.25, -0.2) is 4.79 Å². The first kappa shape index (κ1) is 17.3. The monoisotopic (exact) mass is 355 g/mol. The number of nitrogens with one attached hydrogen (secondary N) is 2. The highest BCUT2D eigenvalue weighted by atomic mass is 32.2. The molecule has 1 aromatic carbocycles. The van der Waals surface area contributed by atoms with Gasteiger partial charge in [-0.1, -0.05) is 18.2 Å². The van der Waals surface area contributed by atoms with Crippen LogP contribution < -0.4 is 10.6 Å². The SMILES string of the molecule is CSCC[C@H](NC(=O)Nc1cccc(C)c1)c1nnc2ccccn12. The fraction of sp³-hybridized carbons (Fsp3) is 0.278. The number of rotatable bonds is 6. The van der Waals surface area contributed by atoms with Gasteiger partial charge in [0.05, 0.1) is 6.04 Å². The number of nitrogens with zero attached hydrogens (tertiary/aromatic N) is 3. The summed E-state index contributed by atoms with van der Waals surface area (Å²) in [7, 11) is 0. The molecule has 0 saturated heterocycles. The van der Waals surface area contributed by atoms with Crippen LogP contribution in [0.3, 0.4) is 0 Å². The number of anilines is 1. The van der Waals surface area contributed by atoms with Crippen LogP contribution in [0.5, 0.6) is 0 Å². The van der Waals surface area contributed by atoms with Crippen LogP contribution in [0.2, 0.25) is 0 Å². The van der Waals surface area contributed by atoms with E-state index in [2.05, 4.69) is 20.8 Å². The normalized spacial score (nSPS) is 12.1. The number of fused-ring (bicyclic) bond motifs is 1. The molecule has 0 aliphatic heterocycles. The zero-order chi connectivity index (χ0) is 17.6. The molecule has 2 amide bonds. The molecule has 0 unspecified atom stereocenters. The number of pyridine rings is 1. The summed E-state index contributed by atoms with van der Waals surface area (Å²) in [6.07, 6.45) is 4.74. The molecule has 3 rings (SSSR count). The third-order valence-electron chi connectivity index (χ3n) is 3.84. The van der Waals surface area contributed by atoms with E-state index in [1.807, 2.05) is 66.2 Å². The smallest absolute Gasteiger partial charge is 0.319 e. The quantitative estimate of drug-likeness (QED) is 0.708. The van der Waals surface area contributed by atoms with E-state index in [4.69, 9.17) is 0 Å². The lowest BCUT2D eigenvalue weighted by Crippen LogP contribution is -2.34. The summed E-state index contributed by atoms with van der Waals surface area (Å²) in [5.74, 6) is 1.65. The molecule has 0 spiro atoms. The predicted octanol–water partition coefficient (Wildman–Crippen LogP) is 3.65. The summed E-state index contributed by atoms with van der Waals surface area (Å²) in [6, 6.07) is 13.0. The first-order valence-corrected chi connectivity index (χ1v) is 9.49. The van der Waals surface area contributed by atoms with Crippen LogP contribution in [0, 0.1) is 6.92 Å². The molecule has 1 atom stereocenters. The van der Waals surface area contributed by atoms with Crippen molar-refractivity contribution in [1.29, 1.82) is 0 Å². The number of hydrogen-bond acceptors (Lipinski definition) is 4. The molecule has 25 heavy (non-hydrogen) atoms. The van der Waals surface area contributed by atoms with Crippen molar-refractivity contribution in [1.82, 2.24) is 19.9 Å². The number of carbonyl (C=O) groups is 1. The second-order valence-electron chi connectivity index (χ2n) is 5.79. The number of urea groups is 1. The Morgan fingerprint density at radius 3 is 2.92 bits per heavy atom. The summed E-state index contributed by atoms with van der Waals surface area (Å²) >= 11 is 1.74. The molecule has 0 aliphatic carbocycles. The topological polar surface area (TPSA) is 71.3 Å². The molecule has 2 aromatic heterocycles. The van der Waals surface area contributed by atoms with Crippen molar-refractivity contribution in [2.24, 2.45) is 0 Å². The van der Waals surface area contributed by atoms with Gasteiger partial charge < -0.3 is 10.6 Å². The van der Waals surface area contributed by atoms with Gasteiger partial charge in [0.1, 0.15) is 0 Å². The summed E-state index contributed by atoms with van der Waals surface area (Å²) in [4.78, 5) is 12.4. The average Bonchev–Trinajstić information content (AvgIpc) is 3.02. The van der Waals surface area contributed by atoms with Gasteiger partial charge in [0.25, 0.3) is 0 Å². The van der Waals surface area contributed by atoms with Crippen LogP contribution >= 0.6 is 11.8 Å². The Balaban J connectivity index is 1.77. The number of amides is 2. The van der Waals surface area contributed by atoms with E-state index >= 15 is 0 Å². The van der Waals surface area contributed by atoms with E-state index in [-0.39, 0.29) is 12.1 Å². The average molecular weight is 355 g/mol. The Labute approximate surface area is 151 Å². The van der Waals surface area contributed by atoms with Gasteiger partial charge in [-0.2, -0.15) is 11.8 Å². The predicted molar refractivity (Wildman–Crippen MR) is 102 cm³/mol. The molecular formula is C18H21N5OS. The second kappa shape index (κ2) is 8.02. The minimum Gasteiger partial charge on any atom is -0.328 e.